The average molecular weight is 266 g/mol. The van der Waals surface area contributed by atoms with E-state index in [2.05, 4.69) is 19.1 Å². The summed E-state index contributed by atoms with van der Waals surface area (Å²) < 4.78 is 2.05. The summed E-state index contributed by atoms with van der Waals surface area (Å²) in [6.45, 7) is 2.57. The summed E-state index contributed by atoms with van der Waals surface area (Å²) in [5, 5.41) is 12.3. The topological polar surface area (TPSA) is 48.1 Å². The summed E-state index contributed by atoms with van der Waals surface area (Å²) in [6, 6.07) is 15.0. The predicted octanol–water partition coefficient (Wildman–Crippen LogP) is 3.91. The van der Waals surface area contributed by atoms with Crippen LogP contribution in [-0.4, -0.2) is 9.49 Å². The van der Waals surface area contributed by atoms with Gasteiger partial charge in [-0.2, -0.15) is 0 Å². The number of benzene rings is 2. The fourth-order valence-electron chi connectivity index (χ4n) is 2.52. The SMILES string of the molecule is Cc1cccc2c1ccn2Cc1ccccc1[N+](=O)[O-]. The Hall–Kier alpha value is -2.62. The van der Waals surface area contributed by atoms with Crippen LogP contribution in [0, 0.1) is 17.0 Å². The van der Waals surface area contributed by atoms with E-state index < -0.39 is 0 Å². The lowest BCUT2D eigenvalue weighted by Gasteiger charge is -2.07. The molecular formula is C16H14N2O2. The van der Waals surface area contributed by atoms with E-state index in [1.807, 2.05) is 29.0 Å². The van der Waals surface area contributed by atoms with Crippen molar-refractivity contribution in [1.82, 2.24) is 4.57 Å². The number of nitro groups is 1. The number of fused-ring (bicyclic) bond motifs is 1. The molecule has 0 saturated heterocycles. The van der Waals surface area contributed by atoms with Gasteiger partial charge >= 0.3 is 0 Å². The zero-order valence-corrected chi connectivity index (χ0v) is 11.1. The van der Waals surface area contributed by atoms with E-state index in [9.17, 15) is 10.1 Å². The van der Waals surface area contributed by atoms with Gasteiger partial charge in [0.1, 0.15) is 0 Å². The highest BCUT2D eigenvalue weighted by atomic mass is 16.6. The Morgan fingerprint density at radius 2 is 1.90 bits per heavy atom. The Bertz CT molecular complexity index is 790. The normalized spacial score (nSPS) is 10.8. The minimum atomic E-state index is -0.327. The van der Waals surface area contributed by atoms with Gasteiger partial charge in [-0.15, -0.1) is 0 Å². The molecule has 0 aliphatic carbocycles. The number of para-hydroxylation sites is 1. The molecule has 0 bridgehead atoms. The Kier molecular flexibility index (Phi) is 2.99. The van der Waals surface area contributed by atoms with Crippen molar-refractivity contribution in [3.8, 4) is 0 Å². The van der Waals surface area contributed by atoms with Crippen molar-refractivity contribution in [3.05, 3.63) is 76.0 Å². The van der Waals surface area contributed by atoms with E-state index in [0.717, 1.165) is 11.1 Å². The fraction of sp³-hybridized carbons (Fsp3) is 0.125. The van der Waals surface area contributed by atoms with Crippen molar-refractivity contribution in [2.75, 3.05) is 0 Å². The molecule has 0 N–H and O–H groups in total. The molecule has 0 atom stereocenters. The van der Waals surface area contributed by atoms with Crippen molar-refractivity contribution in [1.29, 1.82) is 0 Å². The number of hydrogen-bond donors (Lipinski definition) is 0. The third-order valence-corrected chi connectivity index (χ3v) is 3.56. The van der Waals surface area contributed by atoms with Gasteiger partial charge in [-0.1, -0.05) is 30.3 Å². The number of rotatable bonds is 3. The number of aryl methyl sites for hydroxylation is 1. The Morgan fingerprint density at radius 1 is 1.10 bits per heavy atom. The van der Waals surface area contributed by atoms with Gasteiger partial charge in [0.05, 0.1) is 11.5 Å². The van der Waals surface area contributed by atoms with Crippen molar-refractivity contribution in [3.63, 3.8) is 0 Å². The lowest BCUT2D eigenvalue weighted by Crippen LogP contribution is -2.01. The largest absolute Gasteiger partial charge is 0.343 e. The van der Waals surface area contributed by atoms with E-state index >= 15 is 0 Å². The first-order chi connectivity index (χ1) is 9.66. The molecule has 0 aliphatic heterocycles. The van der Waals surface area contributed by atoms with E-state index in [-0.39, 0.29) is 10.6 Å². The molecule has 0 unspecified atom stereocenters. The van der Waals surface area contributed by atoms with Gasteiger partial charge in [-0.05, 0) is 24.6 Å². The van der Waals surface area contributed by atoms with Gasteiger partial charge in [0.25, 0.3) is 5.69 Å². The van der Waals surface area contributed by atoms with E-state index in [4.69, 9.17) is 0 Å². The third-order valence-electron chi connectivity index (χ3n) is 3.56. The van der Waals surface area contributed by atoms with Crippen molar-refractivity contribution in [2.24, 2.45) is 0 Å². The molecule has 0 spiro atoms. The quantitative estimate of drug-likeness (QED) is 0.533. The molecule has 0 amide bonds. The van der Waals surface area contributed by atoms with Crippen LogP contribution in [0.15, 0.2) is 54.7 Å². The minimum absolute atomic E-state index is 0.169. The highest BCUT2D eigenvalue weighted by Gasteiger charge is 2.13. The standard InChI is InChI=1S/C16H14N2O2/c1-12-5-4-8-16-14(12)9-10-17(16)11-13-6-2-3-7-15(13)18(19)20/h2-10H,11H2,1H3. The second kappa shape index (κ2) is 4.81. The van der Waals surface area contributed by atoms with Crippen LogP contribution >= 0.6 is 0 Å². The Balaban J connectivity index is 2.06. The molecule has 0 radical (unpaired) electrons. The first-order valence-electron chi connectivity index (χ1n) is 6.43. The molecule has 0 aliphatic rings. The maximum atomic E-state index is 11.1. The highest BCUT2D eigenvalue weighted by Crippen LogP contribution is 2.23. The summed E-state index contributed by atoms with van der Waals surface area (Å²) in [5.41, 5.74) is 3.20. The van der Waals surface area contributed by atoms with Gasteiger partial charge in [-0.3, -0.25) is 10.1 Å². The number of nitro benzene ring substituents is 1. The summed E-state index contributed by atoms with van der Waals surface area (Å²) in [5.74, 6) is 0. The second-order valence-corrected chi connectivity index (χ2v) is 4.84. The second-order valence-electron chi connectivity index (χ2n) is 4.84. The summed E-state index contributed by atoms with van der Waals surface area (Å²) in [4.78, 5) is 10.7. The van der Waals surface area contributed by atoms with Crippen LogP contribution in [0.5, 0.6) is 0 Å². The van der Waals surface area contributed by atoms with Gasteiger partial charge in [0.15, 0.2) is 0 Å². The van der Waals surface area contributed by atoms with Gasteiger partial charge in [-0.25, -0.2) is 0 Å². The van der Waals surface area contributed by atoms with Crippen LogP contribution < -0.4 is 0 Å². The maximum Gasteiger partial charge on any atom is 0.274 e. The Labute approximate surface area is 116 Å². The molecule has 4 nitrogen and oxygen atoms in total. The number of nitrogens with zero attached hydrogens (tertiary/aromatic N) is 2. The molecule has 1 heterocycles. The molecule has 0 fully saturated rings. The van der Waals surface area contributed by atoms with Gasteiger partial charge in [0.2, 0.25) is 0 Å². The van der Waals surface area contributed by atoms with Crippen LogP contribution in [0.25, 0.3) is 10.9 Å². The van der Waals surface area contributed by atoms with Crippen LogP contribution in [0.4, 0.5) is 5.69 Å². The first-order valence-corrected chi connectivity index (χ1v) is 6.43. The van der Waals surface area contributed by atoms with Crippen molar-refractivity contribution in [2.45, 2.75) is 13.5 Å². The highest BCUT2D eigenvalue weighted by molar-refractivity contribution is 5.83. The molecule has 20 heavy (non-hydrogen) atoms. The zero-order chi connectivity index (χ0) is 14.1. The van der Waals surface area contributed by atoms with Crippen molar-refractivity contribution >= 4 is 16.6 Å². The van der Waals surface area contributed by atoms with Crippen LogP contribution in [0.2, 0.25) is 0 Å². The zero-order valence-electron chi connectivity index (χ0n) is 11.1. The summed E-state index contributed by atoms with van der Waals surface area (Å²) >= 11 is 0. The smallest absolute Gasteiger partial charge is 0.274 e. The lowest BCUT2D eigenvalue weighted by molar-refractivity contribution is -0.385. The first kappa shape index (κ1) is 12.4. The van der Waals surface area contributed by atoms with E-state index in [1.165, 1.54) is 10.9 Å². The minimum Gasteiger partial charge on any atom is -0.343 e. The van der Waals surface area contributed by atoms with Gasteiger partial charge < -0.3 is 4.57 Å². The molecule has 4 heteroatoms. The lowest BCUT2D eigenvalue weighted by atomic mass is 10.1. The molecular weight excluding hydrogens is 252 g/mol. The van der Waals surface area contributed by atoms with Crippen LogP contribution in [0.3, 0.4) is 0 Å². The van der Waals surface area contributed by atoms with Crippen molar-refractivity contribution < 1.29 is 4.92 Å². The van der Waals surface area contributed by atoms with E-state index in [1.54, 1.807) is 18.2 Å². The maximum absolute atomic E-state index is 11.1. The molecule has 100 valence electrons. The summed E-state index contributed by atoms with van der Waals surface area (Å²) in [7, 11) is 0. The monoisotopic (exact) mass is 266 g/mol. The molecule has 1 aromatic heterocycles. The molecule has 3 aromatic rings. The third kappa shape index (κ3) is 2.05. The number of aromatic nitrogens is 1. The molecule has 2 aromatic carbocycles. The van der Waals surface area contributed by atoms with Gasteiger partial charge in [0, 0.05) is 28.7 Å². The van der Waals surface area contributed by atoms with Crippen LogP contribution in [0.1, 0.15) is 11.1 Å². The Morgan fingerprint density at radius 3 is 2.70 bits per heavy atom. The molecule has 3 rings (SSSR count). The molecule has 0 saturated carbocycles. The predicted molar refractivity (Wildman–Crippen MR) is 78.9 cm³/mol. The van der Waals surface area contributed by atoms with Crippen LogP contribution in [-0.2, 0) is 6.54 Å². The average Bonchev–Trinajstić information content (AvgIpc) is 2.84. The summed E-state index contributed by atoms with van der Waals surface area (Å²) in [6.07, 6.45) is 1.98. The van der Waals surface area contributed by atoms with E-state index in [0.29, 0.717) is 6.54 Å². The number of hydrogen-bond acceptors (Lipinski definition) is 2. The fourth-order valence-corrected chi connectivity index (χ4v) is 2.52.